The Morgan fingerprint density at radius 2 is 1.96 bits per heavy atom. The van der Waals surface area contributed by atoms with E-state index in [1.165, 1.54) is 11.3 Å². The maximum absolute atomic E-state index is 12.8. The molecular formula is C23H24N2O2. The van der Waals surface area contributed by atoms with Crippen molar-refractivity contribution < 1.29 is 9.21 Å². The van der Waals surface area contributed by atoms with Gasteiger partial charge in [0.05, 0.1) is 5.56 Å². The Labute approximate surface area is 159 Å². The molecule has 1 aromatic heterocycles. The van der Waals surface area contributed by atoms with E-state index in [-0.39, 0.29) is 5.91 Å². The lowest BCUT2D eigenvalue weighted by atomic mass is 10.1. The largest absolute Gasteiger partial charge is 0.461 e. The fourth-order valence-corrected chi connectivity index (χ4v) is 3.70. The fraction of sp³-hybridized carbons (Fsp3) is 0.261. The van der Waals surface area contributed by atoms with Crippen LogP contribution in [0.2, 0.25) is 0 Å². The second-order valence-electron chi connectivity index (χ2n) is 6.98. The molecule has 0 aliphatic carbocycles. The number of nitrogens with one attached hydrogen (secondary N) is 1. The molecular weight excluding hydrogens is 336 g/mol. The van der Waals surface area contributed by atoms with Gasteiger partial charge in [-0.3, -0.25) is 4.79 Å². The molecule has 0 radical (unpaired) electrons. The Morgan fingerprint density at radius 1 is 1.15 bits per heavy atom. The maximum Gasteiger partial charge on any atom is 0.259 e. The molecule has 2 aromatic carbocycles. The molecule has 1 aliphatic heterocycles. The van der Waals surface area contributed by atoms with Crippen molar-refractivity contribution >= 4 is 17.3 Å². The van der Waals surface area contributed by atoms with E-state index < -0.39 is 0 Å². The average Bonchev–Trinajstić information content (AvgIpc) is 3.26. The molecule has 27 heavy (non-hydrogen) atoms. The quantitative estimate of drug-likeness (QED) is 0.673. The fourth-order valence-electron chi connectivity index (χ4n) is 3.70. The minimum Gasteiger partial charge on any atom is -0.461 e. The summed E-state index contributed by atoms with van der Waals surface area (Å²) >= 11 is 0. The van der Waals surface area contributed by atoms with Gasteiger partial charge in [-0.2, -0.15) is 0 Å². The number of fused-ring (bicyclic) bond motifs is 1. The molecule has 3 aromatic rings. The van der Waals surface area contributed by atoms with Crippen LogP contribution in [0.4, 0.5) is 11.4 Å². The summed E-state index contributed by atoms with van der Waals surface area (Å²) in [4.78, 5) is 15.2. The van der Waals surface area contributed by atoms with Crippen molar-refractivity contribution in [3.05, 3.63) is 71.5 Å². The van der Waals surface area contributed by atoms with Crippen LogP contribution in [0.1, 0.15) is 35.0 Å². The zero-order chi connectivity index (χ0) is 18.8. The number of hydrogen-bond donors (Lipinski definition) is 1. The molecule has 4 nitrogen and oxygen atoms in total. The number of amides is 1. The molecule has 1 N–H and O–H groups in total. The summed E-state index contributed by atoms with van der Waals surface area (Å²) < 4.78 is 5.81. The first-order chi connectivity index (χ1) is 13.2. The Kier molecular flexibility index (Phi) is 4.71. The highest BCUT2D eigenvalue weighted by molar-refractivity contribution is 6.05. The normalized spacial score (nSPS) is 12.9. The van der Waals surface area contributed by atoms with Crippen LogP contribution in [0.25, 0.3) is 11.3 Å². The van der Waals surface area contributed by atoms with Gasteiger partial charge in [-0.1, -0.05) is 37.3 Å². The van der Waals surface area contributed by atoms with Crippen molar-refractivity contribution in [1.82, 2.24) is 0 Å². The topological polar surface area (TPSA) is 45.5 Å². The van der Waals surface area contributed by atoms with Crippen LogP contribution in [0.5, 0.6) is 0 Å². The van der Waals surface area contributed by atoms with Gasteiger partial charge in [0.1, 0.15) is 11.5 Å². The van der Waals surface area contributed by atoms with Crippen LogP contribution in [-0.2, 0) is 6.42 Å². The molecule has 0 saturated carbocycles. The van der Waals surface area contributed by atoms with E-state index in [1.54, 1.807) is 0 Å². The zero-order valence-electron chi connectivity index (χ0n) is 15.8. The van der Waals surface area contributed by atoms with E-state index in [9.17, 15) is 4.79 Å². The first kappa shape index (κ1) is 17.4. The number of carbonyl (C=O) groups is 1. The highest BCUT2D eigenvalue weighted by atomic mass is 16.3. The van der Waals surface area contributed by atoms with Crippen LogP contribution >= 0.6 is 0 Å². The van der Waals surface area contributed by atoms with E-state index in [0.29, 0.717) is 17.1 Å². The number of furan rings is 1. The molecule has 4 heteroatoms. The third kappa shape index (κ3) is 3.47. The molecule has 0 saturated heterocycles. The third-order valence-corrected chi connectivity index (χ3v) is 5.04. The summed E-state index contributed by atoms with van der Waals surface area (Å²) in [6.45, 7) is 6.16. The van der Waals surface area contributed by atoms with Crippen molar-refractivity contribution in [2.45, 2.75) is 26.7 Å². The second kappa shape index (κ2) is 7.31. The lowest BCUT2D eigenvalue weighted by Gasteiger charge is -2.18. The number of hydrogen-bond acceptors (Lipinski definition) is 3. The lowest BCUT2D eigenvalue weighted by Crippen LogP contribution is -2.20. The molecule has 4 rings (SSSR count). The first-order valence-electron chi connectivity index (χ1n) is 9.51. The first-order valence-corrected chi connectivity index (χ1v) is 9.51. The van der Waals surface area contributed by atoms with Gasteiger partial charge in [-0.15, -0.1) is 0 Å². The molecule has 0 unspecified atom stereocenters. The van der Waals surface area contributed by atoms with Crippen LogP contribution in [-0.4, -0.2) is 19.0 Å². The molecule has 138 valence electrons. The summed E-state index contributed by atoms with van der Waals surface area (Å²) in [5, 5.41) is 3.02. The van der Waals surface area contributed by atoms with Gasteiger partial charge < -0.3 is 14.6 Å². The highest BCUT2D eigenvalue weighted by Crippen LogP contribution is 2.31. The lowest BCUT2D eigenvalue weighted by molar-refractivity contribution is 0.102. The van der Waals surface area contributed by atoms with Crippen molar-refractivity contribution in [3.63, 3.8) is 0 Å². The monoisotopic (exact) mass is 360 g/mol. The van der Waals surface area contributed by atoms with Gasteiger partial charge in [0.25, 0.3) is 5.91 Å². The van der Waals surface area contributed by atoms with E-state index >= 15 is 0 Å². The number of carbonyl (C=O) groups excluding carboxylic acids is 1. The Balaban J connectivity index is 1.53. The summed E-state index contributed by atoms with van der Waals surface area (Å²) in [6, 6.07) is 17.8. The van der Waals surface area contributed by atoms with Crippen LogP contribution in [0, 0.1) is 6.92 Å². The SMILES string of the molecule is CCCN1CCc2cc(NC(=O)c3cc(-c4ccccc4)oc3C)ccc21. The second-order valence-corrected chi connectivity index (χ2v) is 6.98. The van der Waals surface area contributed by atoms with Gasteiger partial charge in [0, 0.05) is 30.0 Å². The molecule has 1 aliphatic rings. The van der Waals surface area contributed by atoms with Crippen molar-refractivity contribution in [3.8, 4) is 11.3 Å². The number of rotatable bonds is 5. The van der Waals surface area contributed by atoms with Gasteiger partial charge in [-0.05, 0) is 49.6 Å². The van der Waals surface area contributed by atoms with E-state index in [4.69, 9.17) is 4.42 Å². The van der Waals surface area contributed by atoms with Crippen molar-refractivity contribution in [1.29, 1.82) is 0 Å². The summed E-state index contributed by atoms with van der Waals surface area (Å²) in [5.74, 6) is 1.20. The maximum atomic E-state index is 12.8. The average molecular weight is 360 g/mol. The highest BCUT2D eigenvalue weighted by Gasteiger charge is 2.20. The predicted molar refractivity (Wildman–Crippen MR) is 109 cm³/mol. The Hall–Kier alpha value is -3.01. The zero-order valence-corrected chi connectivity index (χ0v) is 15.8. The molecule has 0 bridgehead atoms. The number of anilines is 2. The van der Waals surface area contributed by atoms with Gasteiger partial charge in [-0.25, -0.2) is 0 Å². The van der Waals surface area contributed by atoms with Gasteiger partial charge in [0.2, 0.25) is 0 Å². The standard InChI is InChI=1S/C23H24N2O2/c1-3-12-25-13-11-18-14-19(9-10-21(18)25)24-23(26)20-15-22(27-16(20)2)17-7-5-4-6-8-17/h4-10,14-15H,3,11-13H2,1-2H3,(H,24,26). The third-order valence-electron chi connectivity index (χ3n) is 5.04. The minimum absolute atomic E-state index is 0.137. The van der Waals surface area contributed by atoms with Crippen LogP contribution < -0.4 is 10.2 Å². The smallest absolute Gasteiger partial charge is 0.259 e. The van der Waals surface area contributed by atoms with Crippen molar-refractivity contribution in [2.24, 2.45) is 0 Å². The summed E-state index contributed by atoms with van der Waals surface area (Å²) in [7, 11) is 0. The van der Waals surface area contributed by atoms with Gasteiger partial charge in [0.15, 0.2) is 0 Å². The van der Waals surface area contributed by atoms with E-state index in [0.717, 1.165) is 37.2 Å². The van der Waals surface area contributed by atoms with Crippen LogP contribution in [0.15, 0.2) is 59.0 Å². The number of nitrogens with zero attached hydrogens (tertiary/aromatic N) is 1. The number of benzene rings is 2. The molecule has 0 spiro atoms. The minimum atomic E-state index is -0.137. The molecule has 1 amide bonds. The summed E-state index contributed by atoms with van der Waals surface area (Å²) in [6.07, 6.45) is 2.17. The van der Waals surface area contributed by atoms with E-state index in [2.05, 4.69) is 29.3 Å². The predicted octanol–water partition coefficient (Wildman–Crippen LogP) is 5.28. The van der Waals surface area contributed by atoms with E-state index in [1.807, 2.05) is 49.4 Å². The molecule has 0 atom stereocenters. The summed E-state index contributed by atoms with van der Waals surface area (Å²) in [5.41, 5.74) is 4.96. The Bertz CT molecular complexity index is 960. The van der Waals surface area contributed by atoms with Crippen LogP contribution in [0.3, 0.4) is 0 Å². The molecule has 0 fully saturated rings. The number of aryl methyl sites for hydroxylation is 1. The van der Waals surface area contributed by atoms with Crippen molar-refractivity contribution in [2.75, 3.05) is 23.3 Å². The molecule has 2 heterocycles. The van der Waals surface area contributed by atoms with Gasteiger partial charge >= 0.3 is 0 Å². The Morgan fingerprint density at radius 3 is 2.74 bits per heavy atom.